The van der Waals surface area contributed by atoms with Crippen LogP contribution >= 0.6 is 0 Å². The molecular weight excluding hydrogens is 356 g/mol. The van der Waals surface area contributed by atoms with Gasteiger partial charge in [-0.3, -0.25) is 9.59 Å². The summed E-state index contributed by atoms with van der Waals surface area (Å²) in [5.74, 6) is 0.185. The Balaban J connectivity index is 1.46. The van der Waals surface area contributed by atoms with Gasteiger partial charge in [0.25, 0.3) is 0 Å². The third-order valence-corrected chi connectivity index (χ3v) is 4.37. The summed E-state index contributed by atoms with van der Waals surface area (Å²) < 4.78 is 5.44. The largest absolute Gasteiger partial charge is 0.478 e. The maximum Gasteiger partial charge on any atom is 0.243 e. The quantitative estimate of drug-likeness (QED) is 0.763. The van der Waals surface area contributed by atoms with Crippen molar-refractivity contribution in [2.75, 3.05) is 13.2 Å². The molecule has 0 saturated carbocycles. The predicted molar refractivity (Wildman–Crippen MR) is 106 cm³/mol. The molecule has 7 nitrogen and oxygen atoms in total. The summed E-state index contributed by atoms with van der Waals surface area (Å²) in [6, 6.07) is 13.5. The number of hydrogen-bond donors (Lipinski definition) is 1. The van der Waals surface area contributed by atoms with Crippen molar-refractivity contribution in [3.63, 3.8) is 0 Å². The van der Waals surface area contributed by atoms with E-state index < -0.39 is 0 Å². The first-order chi connectivity index (χ1) is 13.7. The third kappa shape index (κ3) is 5.16. The first-order valence-corrected chi connectivity index (χ1v) is 9.44. The van der Waals surface area contributed by atoms with E-state index in [1.165, 1.54) is 5.01 Å². The lowest BCUT2D eigenvalue weighted by Gasteiger charge is -2.12. The van der Waals surface area contributed by atoms with E-state index in [0.29, 0.717) is 25.6 Å². The Kier molecular flexibility index (Phi) is 6.73. The van der Waals surface area contributed by atoms with Crippen molar-refractivity contribution in [1.29, 1.82) is 0 Å². The zero-order valence-corrected chi connectivity index (χ0v) is 15.9. The van der Waals surface area contributed by atoms with Crippen LogP contribution in [0.2, 0.25) is 0 Å². The van der Waals surface area contributed by atoms with Crippen LogP contribution in [0.15, 0.2) is 53.8 Å². The monoisotopic (exact) mass is 380 g/mol. The number of rotatable bonds is 8. The van der Waals surface area contributed by atoms with E-state index in [9.17, 15) is 9.59 Å². The maximum atomic E-state index is 12.3. The molecule has 1 N–H and O–H groups in total. The lowest BCUT2D eigenvalue weighted by atomic mass is 10.1. The molecule has 0 atom stereocenters. The molecule has 0 unspecified atom stereocenters. The number of amides is 2. The van der Waals surface area contributed by atoms with E-state index in [1.54, 1.807) is 12.3 Å². The van der Waals surface area contributed by atoms with E-state index in [0.717, 1.165) is 23.3 Å². The fraction of sp³-hybridized carbons (Fsp3) is 0.333. The van der Waals surface area contributed by atoms with Crippen LogP contribution in [0, 0.1) is 0 Å². The molecule has 0 bridgehead atoms. The first-order valence-electron chi connectivity index (χ1n) is 9.44. The molecule has 0 fully saturated rings. The highest BCUT2D eigenvalue weighted by Crippen LogP contribution is 2.16. The molecule has 0 saturated heterocycles. The predicted octanol–water partition coefficient (Wildman–Crippen LogP) is 2.51. The van der Waals surface area contributed by atoms with Crippen molar-refractivity contribution in [2.24, 2.45) is 5.10 Å². The summed E-state index contributed by atoms with van der Waals surface area (Å²) in [6.45, 7) is 3.26. The Bertz CT molecular complexity index is 852. The third-order valence-electron chi connectivity index (χ3n) is 4.37. The van der Waals surface area contributed by atoms with Crippen LogP contribution in [0.25, 0.3) is 0 Å². The Morgan fingerprint density at radius 2 is 1.96 bits per heavy atom. The molecule has 1 aliphatic rings. The minimum absolute atomic E-state index is 0.121. The van der Waals surface area contributed by atoms with E-state index >= 15 is 0 Å². The van der Waals surface area contributed by atoms with Gasteiger partial charge in [0, 0.05) is 37.6 Å². The summed E-state index contributed by atoms with van der Waals surface area (Å²) in [5.41, 5.74) is 2.73. The molecule has 28 heavy (non-hydrogen) atoms. The Hall–Kier alpha value is -3.22. The zero-order valence-electron chi connectivity index (χ0n) is 15.9. The van der Waals surface area contributed by atoms with Gasteiger partial charge in [0.15, 0.2) is 0 Å². The van der Waals surface area contributed by atoms with Gasteiger partial charge in [0.05, 0.1) is 18.9 Å². The van der Waals surface area contributed by atoms with Gasteiger partial charge in [-0.15, -0.1) is 0 Å². The van der Waals surface area contributed by atoms with Gasteiger partial charge in [0.1, 0.15) is 0 Å². The molecule has 1 aliphatic heterocycles. The van der Waals surface area contributed by atoms with Crippen LogP contribution in [-0.2, 0) is 16.1 Å². The second kappa shape index (κ2) is 9.64. The van der Waals surface area contributed by atoms with Crippen molar-refractivity contribution in [1.82, 2.24) is 15.3 Å². The summed E-state index contributed by atoms with van der Waals surface area (Å²) in [7, 11) is 0. The average molecular weight is 380 g/mol. The maximum absolute atomic E-state index is 12.3. The summed E-state index contributed by atoms with van der Waals surface area (Å²) >= 11 is 0. The second-order valence-electron chi connectivity index (χ2n) is 6.36. The lowest BCUT2D eigenvalue weighted by molar-refractivity contribution is -0.133. The summed E-state index contributed by atoms with van der Waals surface area (Å²) in [5, 5.41) is 8.68. The van der Waals surface area contributed by atoms with Gasteiger partial charge in [-0.1, -0.05) is 36.4 Å². The van der Waals surface area contributed by atoms with Gasteiger partial charge in [-0.05, 0) is 18.6 Å². The van der Waals surface area contributed by atoms with Gasteiger partial charge in [-0.2, -0.15) is 5.10 Å². The molecule has 0 radical (unpaired) electrons. The fourth-order valence-electron chi connectivity index (χ4n) is 2.93. The van der Waals surface area contributed by atoms with Crippen LogP contribution in [0.1, 0.15) is 37.3 Å². The number of ether oxygens (including phenoxy) is 1. The van der Waals surface area contributed by atoms with E-state index in [1.807, 2.05) is 43.3 Å². The molecular formula is C21H24N4O3. The zero-order chi connectivity index (χ0) is 19.8. The van der Waals surface area contributed by atoms with E-state index in [2.05, 4.69) is 15.4 Å². The minimum Gasteiger partial charge on any atom is -0.478 e. The molecule has 7 heteroatoms. The number of hydrazone groups is 1. The molecule has 3 rings (SSSR count). The van der Waals surface area contributed by atoms with E-state index in [4.69, 9.17) is 4.74 Å². The molecule has 0 spiro atoms. The number of carbonyl (C=O) groups excluding carboxylic acids is 2. The number of hydrogen-bond acceptors (Lipinski definition) is 5. The highest BCUT2D eigenvalue weighted by Gasteiger charge is 2.21. The SMILES string of the molecule is CCOc1ncccc1CNC(=O)CCC(=O)N1CCC(c2ccccc2)=N1. The number of carbonyl (C=O) groups is 2. The summed E-state index contributed by atoms with van der Waals surface area (Å²) in [4.78, 5) is 28.6. The average Bonchev–Trinajstić information content (AvgIpc) is 3.23. The second-order valence-corrected chi connectivity index (χ2v) is 6.36. The van der Waals surface area contributed by atoms with Gasteiger partial charge in [0.2, 0.25) is 17.7 Å². The smallest absolute Gasteiger partial charge is 0.243 e. The Morgan fingerprint density at radius 1 is 1.14 bits per heavy atom. The topological polar surface area (TPSA) is 83.9 Å². The van der Waals surface area contributed by atoms with Crippen molar-refractivity contribution < 1.29 is 14.3 Å². The van der Waals surface area contributed by atoms with Crippen molar-refractivity contribution in [2.45, 2.75) is 32.7 Å². The summed E-state index contributed by atoms with van der Waals surface area (Å²) in [6.07, 6.45) is 2.62. The van der Waals surface area contributed by atoms with Crippen molar-refractivity contribution in [3.8, 4) is 5.88 Å². The minimum atomic E-state index is -0.189. The standard InChI is InChI=1S/C21H24N4O3/c1-2-28-21-17(9-6-13-22-21)15-23-19(26)10-11-20(27)25-14-12-18(24-25)16-7-4-3-5-8-16/h3-9,13H,2,10-12,14-15H2,1H3,(H,23,26). The number of aromatic nitrogens is 1. The van der Waals surface area contributed by atoms with Crippen molar-refractivity contribution in [3.05, 3.63) is 59.8 Å². The lowest BCUT2D eigenvalue weighted by Crippen LogP contribution is -2.27. The molecule has 2 heterocycles. The molecule has 0 aliphatic carbocycles. The molecule has 1 aromatic carbocycles. The van der Waals surface area contributed by atoms with Gasteiger partial charge >= 0.3 is 0 Å². The van der Waals surface area contributed by atoms with Crippen LogP contribution < -0.4 is 10.1 Å². The number of nitrogens with one attached hydrogen (secondary N) is 1. The number of benzene rings is 1. The van der Waals surface area contributed by atoms with Gasteiger partial charge in [-0.25, -0.2) is 9.99 Å². The van der Waals surface area contributed by atoms with Gasteiger partial charge < -0.3 is 10.1 Å². The molecule has 146 valence electrons. The van der Waals surface area contributed by atoms with Crippen LogP contribution in [0.4, 0.5) is 0 Å². The van der Waals surface area contributed by atoms with Crippen LogP contribution in [0.3, 0.4) is 0 Å². The fourth-order valence-corrected chi connectivity index (χ4v) is 2.93. The van der Waals surface area contributed by atoms with Crippen LogP contribution in [0.5, 0.6) is 5.88 Å². The molecule has 1 aromatic heterocycles. The van der Waals surface area contributed by atoms with Crippen LogP contribution in [-0.4, -0.2) is 40.7 Å². The highest BCUT2D eigenvalue weighted by atomic mass is 16.5. The van der Waals surface area contributed by atoms with Crippen molar-refractivity contribution >= 4 is 17.5 Å². The Morgan fingerprint density at radius 3 is 2.75 bits per heavy atom. The first kappa shape index (κ1) is 19.5. The highest BCUT2D eigenvalue weighted by molar-refractivity contribution is 6.02. The normalized spacial score (nSPS) is 13.2. The number of pyridine rings is 1. The molecule has 2 aromatic rings. The Labute approximate surface area is 164 Å². The number of nitrogens with zero attached hydrogens (tertiary/aromatic N) is 3. The molecule has 2 amide bonds. The van der Waals surface area contributed by atoms with E-state index in [-0.39, 0.29) is 24.7 Å².